The highest BCUT2D eigenvalue weighted by atomic mass is 19.1. The molecule has 1 atom stereocenters. The first-order valence-corrected chi connectivity index (χ1v) is 10.1. The number of amides is 1. The van der Waals surface area contributed by atoms with E-state index in [9.17, 15) is 9.18 Å². The van der Waals surface area contributed by atoms with E-state index in [2.05, 4.69) is 5.10 Å². The molecule has 3 heterocycles. The zero-order valence-corrected chi connectivity index (χ0v) is 17.8. The molecule has 0 aliphatic carbocycles. The van der Waals surface area contributed by atoms with E-state index in [4.69, 9.17) is 20.4 Å². The molecule has 162 valence electrons. The van der Waals surface area contributed by atoms with Gasteiger partial charge in [-0.05, 0) is 44.0 Å². The summed E-state index contributed by atoms with van der Waals surface area (Å²) in [5, 5.41) is 4.54. The number of nitrogens with zero attached hydrogens (tertiary/aromatic N) is 5. The van der Waals surface area contributed by atoms with Crippen LogP contribution >= 0.6 is 0 Å². The predicted molar refractivity (Wildman–Crippen MR) is 114 cm³/mol. The molecular weight excluding hydrogens is 399 g/mol. The average Bonchev–Trinajstić information content (AvgIpc) is 3.08. The van der Waals surface area contributed by atoms with Crippen LogP contribution in [0.2, 0.25) is 0 Å². The van der Waals surface area contributed by atoms with Crippen molar-refractivity contribution in [2.24, 2.45) is 5.73 Å². The molecule has 1 saturated heterocycles. The molecule has 0 bridgehead atoms. The van der Waals surface area contributed by atoms with E-state index >= 15 is 0 Å². The maximum atomic E-state index is 13.7. The molecule has 8 nitrogen and oxygen atoms in total. The standard InChI is InChI=1S/C22H25FN6O2/c1-13-8-16(4-5-17(13)23)10-19-25-20(28-6-7-31-18(12-28)22(24)30)11-21(26-19)29-15(3)9-14(2)27-29/h4-5,8-9,11,18H,6-7,10,12H2,1-3H3,(H2,24,30)/t18-/m1/s1. The van der Waals surface area contributed by atoms with E-state index in [-0.39, 0.29) is 5.82 Å². The lowest BCUT2D eigenvalue weighted by Gasteiger charge is -2.32. The van der Waals surface area contributed by atoms with Gasteiger partial charge in [0.25, 0.3) is 0 Å². The first-order chi connectivity index (χ1) is 14.8. The molecule has 3 aromatic rings. The van der Waals surface area contributed by atoms with Gasteiger partial charge < -0.3 is 15.4 Å². The van der Waals surface area contributed by atoms with Gasteiger partial charge in [0.1, 0.15) is 17.5 Å². The minimum absolute atomic E-state index is 0.243. The highest BCUT2D eigenvalue weighted by Crippen LogP contribution is 2.21. The summed E-state index contributed by atoms with van der Waals surface area (Å²) in [6.45, 7) is 6.88. The molecule has 0 unspecified atom stereocenters. The average molecular weight is 424 g/mol. The topological polar surface area (TPSA) is 99.2 Å². The Morgan fingerprint density at radius 2 is 1.97 bits per heavy atom. The second-order valence-electron chi connectivity index (χ2n) is 7.81. The second kappa shape index (κ2) is 8.43. The number of hydrogen-bond donors (Lipinski definition) is 1. The van der Waals surface area contributed by atoms with Gasteiger partial charge >= 0.3 is 0 Å². The van der Waals surface area contributed by atoms with Crippen molar-refractivity contribution >= 4 is 11.7 Å². The number of primary amides is 1. The molecule has 1 amide bonds. The molecule has 9 heteroatoms. The highest BCUT2D eigenvalue weighted by molar-refractivity contribution is 5.79. The zero-order chi connectivity index (χ0) is 22.1. The molecule has 2 N–H and O–H groups in total. The number of benzene rings is 1. The summed E-state index contributed by atoms with van der Waals surface area (Å²) in [6, 6.07) is 8.81. The van der Waals surface area contributed by atoms with Gasteiger partial charge in [-0.3, -0.25) is 4.79 Å². The van der Waals surface area contributed by atoms with Crippen LogP contribution in [0.4, 0.5) is 10.2 Å². The summed E-state index contributed by atoms with van der Waals surface area (Å²) in [5.41, 5.74) is 8.75. The van der Waals surface area contributed by atoms with Crippen LogP contribution in [0, 0.1) is 26.6 Å². The number of carbonyl (C=O) groups is 1. The van der Waals surface area contributed by atoms with Crippen LogP contribution in [0.1, 0.15) is 28.3 Å². The summed E-state index contributed by atoms with van der Waals surface area (Å²) in [7, 11) is 0. The van der Waals surface area contributed by atoms with Gasteiger partial charge in [-0.1, -0.05) is 12.1 Å². The van der Waals surface area contributed by atoms with Gasteiger partial charge in [0.15, 0.2) is 11.9 Å². The van der Waals surface area contributed by atoms with E-state index in [1.807, 2.05) is 30.9 Å². The van der Waals surface area contributed by atoms with Crippen LogP contribution < -0.4 is 10.6 Å². The van der Waals surface area contributed by atoms with E-state index in [0.717, 1.165) is 17.0 Å². The SMILES string of the molecule is Cc1cc(C)n(-c2cc(N3CCO[C@@H](C(N)=O)C3)nc(Cc3ccc(F)c(C)c3)n2)n1. The van der Waals surface area contributed by atoms with Crippen molar-refractivity contribution < 1.29 is 13.9 Å². The second-order valence-corrected chi connectivity index (χ2v) is 7.81. The molecule has 31 heavy (non-hydrogen) atoms. The van der Waals surface area contributed by atoms with Crippen LogP contribution in [0.3, 0.4) is 0 Å². The fourth-order valence-electron chi connectivity index (χ4n) is 3.71. The van der Waals surface area contributed by atoms with Gasteiger partial charge in [0.05, 0.1) is 18.8 Å². The Bertz CT molecular complexity index is 1130. The van der Waals surface area contributed by atoms with E-state index in [1.54, 1.807) is 23.7 Å². The van der Waals surface area contributed by atoms with Gasteiger partial charge in [0, 0.05) is 24.7 Å². The predicted octanol–water partition coefficient (Wildman–Crippen LogP) is 2.01. The van der Waals surface area contributed by atoms with E-state index in [1.165, 1.54) is 6.07 Å². The lowest BCUT2D eigenvalue weighted by Crippen LogP contribution is -2.48. The molecule has 0 spiro atoms. The number of halogens is 1. The lowest BCUT2D eigenvalue weighted by atomic mass is 10.1. The smallest absolute Gasteiger partial charge is 0.248 e. The van der Waals surface area contributed by atoms with Crippen LogP contribution in [-0.4, -0.2) is 51.5 Å². The minimum Gasteiger partial charge on any atom is -0.367 e. The molecule has 0 saturated carbocycles. The number of hydrogen-bond acceptors (Lipinski definition) is 6. The van der Waals surface area contributed by atoms with Crippen LogP contribution in [0.5, 0.6) is 0 Å². The largest absolute Gasteiger partial charge is 0.367 e. The van der Waals surface area contributed by atoms with E-state index in [0.29, 0.717) is 49.1 Å². The van der Waals surface area contributed by atoms with Crippen molar-refractivity contribution in [3.63, 3.8) is 0 Å². The maximum absolute atomic E-state index is 13.7. The fourth-order valence-corrected chi connectivity index (χ4v) is 3.71. The van der Waals surface area contributed by atoms with Gasteiger partial charge in [-0.25, -0.2) is 19.0 Å². The molecule has 0 radical (unpaired) electrons. The fraction of sp³-hybridized carbons (Fsp3) is 0.364. The van der Waals surface area contributed by atoms with Gasteiger partial charge in [-0.2, -0.15) is 5.10 Å². The van der Waals surface area contributed by atoms with Crippen LogP contribution in [0.25, 0.3) is 5.82 Å². The van der Waals surface area contributed by atoms with Crippen molar-refractivity contribution in [2.75, 3.05) is 24.6 Å². The maximum Gasteiger partial charge on any atom is 0.248 e. The van der Waals surface area contributed by atoms with Gasteiger partial charge in [0.2, 0.25) is 5.91 Å². The lowest BCUT2D eigenvalue weighted by molar-refractivity contribution is -0.130. The van der Waals surface area contributed by atoms with Crippen molar-refractivity contribution in [2.45, 2.75) is 33.3 Å². The Labute approximate surface area is 179 Å². The molecule has 1 aromatic carbocycles. The molecule has 2 aromatic heterocycles. The third-order valence-electron chi connectivity index (χ3n) is 5.26. The summed E-state index contributed by atoms with van der Waals surface area (Å²) >= 11 is 0. The number of rotatable bonds is 5. The Morgan fingerprint density at radius 3 is 2.65 bits per heavy atom. The highest BCUT2D eigenvalue weighted by Gasteiger charge is 2.26. The first-order valence-electron chi connectivity index (χ1n) is 10.1. The zero-order valence-electron chi connectivity index (χ0n) is 17.8. The third kappa shape index (κ3) is 4.56. The molecular formula is C22H25FN6O2. The number of nitrogens with two attached hydrogens (primary N) is 1. The summed E-state index contributed by atoms with van der Waals surface area (Å²) in [4.78, 5) is 23.0. The third-order valence-corrected chi connectivity index (χ3v) is 5.26. The van der Waals surface area contributed by atoms with Crippen molar-refractivity contribution in [3.8, 4) is 5.82 Å². The van der Waals surface area contributed by atoms with Gasteiger partial charge in [-0.15, -0.1) is 0 Å². The Hall–Kier alpha value is -3.33. The van der Waals surface area contributed by atoms with Crippen molar-refractivity contribution in [3.05, 3.63) is 64.5 Å². The number of morpholine rings is 1. The van der Waals surface area contributed by atoms with E-state index < -0.39 is 12.0 Å². The van der Waals surface area contributed by atoms with Crippen LogP contribution in [-0.2, 0) is 16.0 Å². The summed E-state index contributed by atoms with van der Waals surface area (Å²) in [6.07, 6.45) is -0.255. The quantitative estimate of drug-likeness (QED) is 0.673. The Kier molecular flexibility index (Phi) is 5.69. The minimum atomic E-state index is -0.691. The monoisotopic (exact) mass is 424 g/mol. The molecule has 1 aliphatic rings. The van der Waals surface area contributed by atoms with Crippen molar-refractivity contribution in [1.82, 2.24) is 19.7 Å². The summed E-state index contributed by atoms with van der Waals surface area (Å²) in [5.74, 6) is 1.13. The number of aromatic nitrogens is 4. The normalized spacial score (nSPS) is 16.5. The first kappa shape index (κ1) is 20.9. The summed E-state index contributed by atoms with van der Waals surface area (Å²) < 4.78 is 20.9. The number of aryl methyl sites for hydroxylation is 3. The van der Waals surface area contributed by atoms with Crippen molar-refractivity contribution in [1.29, 1.82) is 0 Å². The number of ether oxygens (including phenoxy) is 1. The van der Waals surface area contributed by atoms with Crippen LogP contribution in [0.15, 0.2) is 30.3 Å². The number of carbonyl (C=O) groups excluding carboxylic acids is 1. The molecule has 1 aliphatic heterocycles. The molecule has 1 fully saturated rings. The Balaban J connectivity index is 1.74. The Morgan fingerprint density at radius 1 is 1.19 bits per heavy atom. The number of anilines is 1. The molecule has 4 rings (SSSR count).